The predicted octanol–water partition coefficient (Wildman–Crippen LogP) is 5.36. The van der Waals surface area contributed by atoms with E-state index < -0.39 is 23.7 Å². The zero-order valence-corrected chi connectivity index (χ0v) is 27.2. The molecule has 242 valence electrons. The molecule has 3 aliphatic rings. The van der Waals surface area contributed by atoms with Crippen molar-refractivity contribution in [1.82, 2.24) is 20.3 Å². The molecule has 2 aromatic rings. The number of aromatic nitrogens is 3. The van der Waals surface area contributed by atoms with Crippen LogP contribution in [0, 0.1) is 13.8 Å². The molecule has 1 aliphatic carbocycles. The minimum atomic E-state index is -0.986. The van der Waals surface area contributed by atoms with E-state index in [0.29, 0.717) is 17.6 Å². The second-order valence-corrected chi connectivity index (χ2v) is 13.0. The van der Waals surface area contributed by atoms with Gasteiger partial charge in [-0.15, -0.1) is 0 Å². The van der Waals surface area contributed by atoms with Gasteiger partial charge in [-0.05, 0) is 90.3 Å². The van der Waals surface area contributed by atoms with E-state index in [1.54, 1.807) is 20.8 Å². The maximum absolute atomic E-state index is 13.1. The van der Waals surface area contributed by atoms with Crippen LogP contribution in [0.4, 0.5) is 22.2 Å². The number of rotatable bonds is 9. The maximum Gasteiger partial charge on any atom is 0.408 e. The molecule has 11 heteroatoms. The number of allylic oxidation sites excluding steroid dienone is 2. The molecule has 1 atom stereocenters. The molecule has 0 unspecified atom stereocenters. The van der Waals surface area contributed by atoms with Crippen LogP contribution in [0.15, 0.2) is 35.9 Å². The minimum Gasteiger partial charge on any atom is -0.458 e. The molecule has 0 saturated carbocycles. The molecule has 45 heavy (non-hydrogen) atoms. The smallest absolute Gasteiger partial charge is 0.408 e. The van der Waals surface area contributed by atoms with E-state index in [4.69, 9.17) is 19.4 Å². The normalized spacial score (nSPS) is 17.4. The van der Waals surface area contributed by atoms with Gasteiger partial charge < -0.3 is 30.3 Å². The fraction of sp³-hybridized carbons (Fsp3) is 0.559. The lowest BCUT2D eigenvalue weighted by molar-refractivity contribution is -0.156. The van der Waals surface area contributed by atoms with Crippen molar-refractivity contribution in [2.24, 2.45) is 0 Å². The van der Waals surface area contributed by atoms with E-state index in [0.717, 1.165) is 86.6 Å². The molecule has 1 fully saturated rings. The minimum absolute atomic E-state index is 0.0729. The number of carbonyl (C=O) groups is 2. The number of alkyl carbamates (subject to hydrolysis) is 1. The first-order chi connectivity index (χ1) is 21.6. The Bertz CT molecular complexity index is 1440. The molecule has 0 aromatic carbocycles. The number of nitrogens with one attached hydrogen (secondary N) is 3. The summed E-state index contributed by atoms with van der Waals surface area (Å²) >= 11 is 0. The van der Waals surface area contributed by atoms with E-state index in [1.807, 2.05) is 26.0 Å². The highest BCUT2D eigenvalue weighted by Crippen LogP contribution is 2.33. The Morgan fingerprint density at radius 3 is 2.64 bits per heavy atom. The van der Waals surface area contributed by atoms with Crippen molar-refractivity contribution in [3.8, 4) is 0 Å². The highest BCUT2D eigenvalue weighted by molar-refractivity contribution is 5.82. The molecule has 0 spiro atoms. The number of ether oxygens (including phenoxy) is 2. The number of pyridine rings is 1. The van der Waals surface area contributed by atoms with Gasteiger partial charge in [-0.3, -0.25) is 0 Å². The average Bonchev–Trinajstić information content (AvgIpc) is 3.02. The van der Waals surface area contributed by atoms with Crippen LogP contribution in [0.25, 0.3) is 0 Å². The Balaban J connectivity index is 1.23. The first-order valence-corrected chi connectivity index (χ1v) is 16.1. The molecular formula is C34H47N7O4. The lowest BCUT2D eigenvalue weighted by Crippen LogP contribution is -2.48. The second kappa shape index (κ2) is 14.3. The van der Waals surface area contributed by atoms with Crippen LogP contribution in [0.3, 0.4) is 0 Å². The molecule has 1 saturated heterocycles. The lowest BCUT2D eigenvalue weighted by Gasteiger charge is -2.34. The summed E-state index contributed by atoms with van der Waals surface area (Å²) in [5.41, 5.74) is 3.57. The van der Waals surface area contributed by atoms with Crippen LogP contribution in [0.5, 0.6) is 0 Å². The number of hydrogen-bond donors (Lipinski definition) is 3. The standard InChI is InChI=1S/C34H47N7O4/c1-22-29(36-20-28(32(42)45-34(3,4)5)40-33(43)44-21-24-10-7-6-8-11-24)37-23(2)38-31(22)41-18-15-25(16-19-41)27-14-13-26-12-9-17-35-30(26)39-27/h7,10-11,13-14,25,28H,6,8-9,12,15-21H2,1-5H3,(H,35,39)(H,40,43)(H,36,37,38)/t28-/m0/s1. The van der Waals surface area contributed by atoms with Crippen LogP contribution in [0.2, 0.25) is 0 Å². The van der Waals surface area contributed by atoms with Gasteiger partial charge in [-0.25, -0.2) is 24.5 Å². The first kappa shape index (κ1) is 32.2. The molecule has 1 amide bonds. The van der Waals surface area contributed by atoms with Gasteiger partial charge in [0, 0.05) is 43.4 Å². The summed E-state index contributed by atoms with van der Waals surface area (Å²) < 4.78 is 11.0. The fourth-order valence-corrected chi connectivity index (χ4v) is 5.92. The zero-order valence-electron chi connectivity index (χ0n) is 27.2. The first-order valence-electron chi connectivity index (χ1n) is 16.1. The maximum atomic E-state index is 13.1. The molecule has 5 rings (SSSR count). The van der Waals surface area contributed by atoms with Crippen molar-refractivity contribution in [3.63, 3.8) is 0 Å². The summed E-state index contributed by atoms with van der Waals surface area (Å²) in [6.45, 7) is 12.1. The third kappa shape index (κ3) is 8.73. The Hall–Kier alpha value is -4.15. The summed E-state index contributed by atoms with van der Waals surface area (Å²) in [4.78, 5) is 42.5. The van der Waals surface area contributed by atoms with E-state index >= 15 is 0 Å². The molecule has 2 aliphatic heterocycles. The van der Waals surface area contributed by atoms with Crippen LogP contribution < -0.4 is 20.9 Å². The number of carbonyl (C=O) groups excluding carboxylic acids is 2. The topological polar surface area (TPSA) is 131 Å². The van der Waals surface area contributed by atoms with Gasteiger partial charge in [0.15, 0.2) is 0 Å². The third-order valence-electron chi connectivity index (χ3n) is 8.26. The molecular weight excluding hydrogens is 570 g/mol. The highest BCUT2D eigenvalue weighted by atomic mass is 16.6. The van der Waals surface area contributed by atoms with Crippen LogP contribution >= 0.6 is 0 Å². The lowest BCUT2D eigenvalue weighted by atomic mass is 9.92. The van der Waals surface area contributed by atoms with E-state index in [1.165, 1.54) is 5.56 Å². The van der Waals surface area contributed by atoms with Crippen molar-refractivity contribution < 1.29 is 19.1 Å². The van der Waals surface area contributed by atoms with Gasteiger partial charge >= 0.3 is 12.1 Å². The van der Waals surface area contributed by atoms with Crippen molar-refractivity contribution in [1.29, 1.82) is 0 Å². The molecule has 4 heterocycles. The Morgan fingerprint density at radius 2 is 1.91 bits per heavy atom. The number of nitrogens with zero attached hydrogens (tertiary/aromatic N) is 4. The SMILES string of the molecule is Cc1nc(NC[C@H](NC(=O)OCC2=CCCC=C2)C(=O)OC(C)(C)C)c(C)c(N2CCC(c3ccc4c(n3)NCCC4)CC2)n1. The Kier molecular flexibility index (Phi) is 10.2. The van der Waals surface area contributed by atoms with Crippen molar-refractivity contribution in [3.05, 3.63) is 58.6 Å². The molecule has 2 aromatic heterocycles. The molecule has 11 nitrogen and oxygen atoms in total. The van der Waals surface area contributed by atoms with Crippen LogP contribution in [0.1, 0.15) is 81.4 Å². The quantitative estimate of drug-likeness (QED) is 0.316. The van der Waals surface area contributed by atoms with Gasteiger partial charge in [-0.1, -0.05) is 24.3 Å². The summed E-state index contributed by atoms with van der Waals surface area (Å²) in [6.07, 6.45) is 11.5. The van der Waals surface area contributed by atoms with Gasteiger partial charge in [0.1, 0.15) is 41.5 Å². The van der Waals surface area contributed by atoms with Crippen molar-refractivity contribution >= 4 is 29.5 Å². The number of piperidine rings is 1. The number of amides is 1. The number of anilines is 3. The average molecular weight is 618 g/mol. The second-order valence-electron chi connectivity index (χ2n) is 13.0. The number of esters is 1. The summed E-state index contributed by atoms with van der Waals surface area (Å²) in [6, 6.07) is 3.44. The van der Waals surface area contributed by atoms with E-state index in [9.17, 15) is 9.59 Å². The van der Waals surface area contributed by atoms with Gasteiger partial charge in [0.05, 0.1) is 0 Å². The summed E-state index contributed by atoms with van der Waals surface area (Å²) in [5, 5.41) is 9.43. The summed E-state index contributed by atoms with van der Waals surface area (Å²) in [5.74, 6) is 3.01. The fourth-order valence-electron chi connectivity index (χ4n) is 5.92. The Morgan fingerprint density at radius 1 is 1.11 bits per heavy atom. The van der Waals surface area contributed by atoms with Crippen molar-refractivity contribution in [2.45, 2.75) is 90.7 Å². The van der Waals surface area contributed by atoms with E-state index in [2.05, 4.69) is 44.0 Å². The number of aryl methyl sites for hydroxylation is 2. The third-order valence-corrected chi connectivity index (χ3v) is 8.26. The Labute approximate surface area is 266 Å². The molecule has 0 bridgehead atoms. The zero-order chi connectivity index (χ0) is 32.0. The largest absolute Gasteiger partial charge is 0.458 e. The van der Waals surface area contributed by atoms with Gasteiger partial charge in [0.25, 0.3) is 0 Å². The van der Waals surface area contributed by atoms with Crippen LogP contribution in [-0.4, -0.2) is 71.4 Å². The number of fused-ring (bicyclic) bond motifs is 1. The summed E-state index contributed by atoms with van der Waals surface area (Å²) in [7, 11) is 0. The van der Waals surface area contributed by atoms with E-state index in [-0.39, 0.29) is 13.2 Å². The van der Waals surface area contributed by atoms with Gasteiger partial charge in [0.2, 0.25) is 0 Å². The monoisotopic (exact) mass is 617 g/mol. The molecule has 3 N–H and O–H groups in total. The number of hydrogen-bond acceptors (Lipinski definition) is 10. The highest BCUT2D eigenvalue weighted by Gasteiger charge is 2.29. The van der Waals surface area contributed by atoms with Crippen molar-refractivity contribution in [2.75, 3.05) is 48.3 Å². The van der Waals surface area contributed by atoms with Crippen LogP contribution in [-0.2, 0) is 20.7 Å². The predicted molar refractivity (Wildman–Crippen MR) is 176 cm³/mol. The van der Waals surface area contributed by atoms with Gasteiger partial charge in [-0.2, -0.15) is 0 Å². The molecule has 0 radical (unpaired) electrons.